The molecule has 0 aromatic carbocycles. The van der Waals surface area contributed by atoms with Gasteiger partial charge in [0.1, 0.15) is 6.10 Å². The maximum absolute atomic E-state index is 11.2. The Morgan fingerprint density at radius 2 is 1.80 bits per heavy atom. The smallest absolute Gasteiger partial charge is 0.330 e. The van der Waals surface area contributed by atoms with Crippen molar-refractivity contribution in [1.82, 2.24) is 0 Å². The molecule has 0 amide bonds. The number of allylic oxidation sites excluding steroid dienone is 1. The van der Waals surface area contributed by atoms with Gasteiger partial charge in [0.2, 0.25) is 0 Å². The lowest BCUT2D eigenvalue weighted by molar-refractivity contribution is -0.140. The predicted molar refractivity (Wildman–Crippen MR) is 63.5 cm³/mol. The molecule has 0 spiro atoms. The van der Waals surface area contributed by atoms with Crippen LogP contribution in [0, 0.1) is 11.8 Å². The number of esters is 1. The second-order valence-corrected chi connectivity index (χ2v) is 4.19. The summed E-state index contributed by atoms with van der Waals surface area (Å²) in [5, 5.41) is 0. The molecular weight excluding hydrogens is 188 g/mol. The summed E-state index contributed by atoms with van der Waals surface area (Å²) in [7, 11) is 0. The number of hydrogen-bond acceptors (Lipinski definition) is 2. The lowest BCUT2D eigenvalue weighted by Crippen LogP contribution is -2.21. The lowest BCUT2D eigenvalue weighted by atomic mass is 9.88. The normalized spacial score (nSPS) is 15.3. The van der Waals surface area contributed by atoms with Gasteiger partial charge in [0.25, 0.3) is 0 Å². The van der Waals surface area contributed by atoms with Gasteiger partial charge >= 0.3 is 5.97 Å². The molecule has 86 valence electrons. The Kier molecular flexibility index (Phi) is 5.99. The molecule has 0 aliphatic heterocycles. The molecule has 15 heavy (non-hydrogen) atoms. The number of rotatable bonds is 5. The Hall–Kier alpha value is -1.05. The van der Waals surface area contributed by atoms with E-state index in [0.29, 0.717) is 11.8 Å². The van der Waals surface area contributed by atoms with E-state index in [-0.39, 0.29) is 12.1 Å². The summed E-state index contributed by atoms with van der Waals surface area (Å²) in [6.45, 7) is 14.0. The van der Waals surface area contributed by atoms with Crippen LogP contribution in [0.4, 0.5) is 0 Å². The first kappa shape index (κ1) is 13.9. The second-order valence-electron chi connectivity index (χ2n) is 4.19. The molecule has 0 radical (unpaired) electrons. The first-order valence-electron chi connectivity index (χ1n) is 5.42. The largest absolute Gasteiger partial charge is 0.455 e. The summed E-state index contributed by atoms with van der Waals surface area (Å²) in [5.74, 6) is 0.570. The molecule has 0 saturated heterocycles. The molecule has 2 unspecified atom stereocenters. The third kappa shape index (κ3) is 4.82. The van der Waals surface area contributed by atoms with E-state index in [1.165, 1.54) is 6.08 Å². The van der Waals surface area contributed by atoms with E-state index in [0.717, 1.165) is 5.57 Å². The van der Waals surface area contributed by atoms with E-state index in [2.05, 4.69) is 27.4 Å². The van der Waals surface area contributed by atoms with Gasteiger partial charge in [-0.05, 0) is 31.3 Å². The quantitative estimate of drug-likeness (QED) is 0.395. The van der Waals surface area contributed by atoms with Crippen LogP contribution in [0.2, 0.25) is 0 Å². The van der Waals surface area contributed by atoms with Gasteiger partial charge in [-0.25, -0.2) is 4.79 Å². The van der Waals surface area contributed by atoms with Gasteiger partial charge in [-0.15, -0.1) is 0 Å². The SMILES string of the molecule is C=C(C(C)OC(=O)/C=C/C)C(C)C(C)C. The van der Waals surface area contributed by atoms with E-state index in [9.17, 15) is 4.79 Å². The van der Waals surface area contributed by atoms with E-state index in [1.807, 2.05) is 6.92 Å². The zero-order valence-electron chi connectivity index (χ0n) is 10.4. The Labute approximate surface area is 93.0 Å². The highest BCUT2D eigenvalue weighted by Gasteiger charge is 2.18. The fraction of sp³-hybridized carbons (Fsp3) is 0.615. The fourth-order valence-corrected chi connectivity index (χ4v) is 1.22. The molecular formula is C13H22O2. The lowest BCUT2D eigenvalue weighted by Gasteiger charge is -2.23. The van der Waals surface area contributed by atoms with Crippen molar-refractivity contribution in [2.24, 2.45) is 11.8 Å². The molecule has 0 fully saturated rings. The van der Waals surface area contributed by atoms with Crippen molar-refractivity contribution < 1.29 is 9.53 Å². The average molecular weight is 210 g/mol. The standard InChI is InChI=1S/C13H22O2/c1-7-8-13(14)15-12(6)11(5)10(4)9(2)3/h7-10,12H,5H2,1-4,6H3/b8-7+. The molecule has 0 aliphatic rings. The van der Waals surface area contributed by atoms with Crippen molar-refractivity contribution in [3.05, 3.63) is 24.3 Å². The minimum absolute atomic E-state index is 0.217. The zero-order valence-corrected chi connectivity index (χ0v) is 10.4. The summed E-state index contributed by atoms with van der Waals surface area (Å²) in [4.78, 5) is 11.2. The van der Waals surface area contributed by atoms with Crippen LogP contribution in [0.1, 0.15) is 34.6 Å². The number of carbonyl (C=O) groups is 1. The molecule has 0 aromatic heterocycles. The predicted octanol–water partition coefficient (Wildman–Crippen LogP) is 3.34. The zero-order chi connectivity index (χ0) is 12.0. The van der Waals surface area contributed by atoms with E-state index in [4.69, 9.17) is 4.74 Å². The van der Waals surface area contributed by atoms with Crippen LogP contribution >= 0.6 is 0 Å². The molecule has 2 nitrogen and oxygen atoms in total. The van der Waals surface area contributed by atoms with Crippen molar-refractivity contribution in [3.63, 3.8) is 0 Å². The van der Waals surface area contributed by atoms with Crippen molar-refractivity contribution in [1.29, 1.82) is 0 Å². The van der Waals surface area contributed by atoms with Gasteiger partial charge in [0.15, 0.2) is 0 Å². The topological polar surface area (TPSA) is 26.3 Å². The van der Waals surface area contributed by atoms with Crippen molar-refractivity contribution in [2.75, 3.05) is 0 Å². The second kappa shape index (κ2) is 6.44. The van der Waals surface area contributed by atoms with Crippen LogP contribution in [-0.2, 0) is 9.53 Å². The van der Waals surface area contributed by atoms with Crippen LogP contribution < -0.4 is 0 Å². The first-order valence-corrected chi connectivity index (χ1v) is 5.42. The Morgan fingerprint density at radius 3 is 2.20 bits per heavy atom. The summed E-state index contributed by atoms with van der Waals surface area (Å²) < 4.78 is 5.20. The highest BCUT2D eigenvalue weighted by atomic mass is 16.5. The van der Waals surface area contributed by atoms with Crippen molar-refractivity contribution in [2.45, 2.75) is 40.7 Å². The third-order valence-electron chi connectivity index (χ3n) is 2.70. The van der Waals surface area contributed by atoms with Gasteiger partial charge in [-0.3, -0.25) is 0 Å². The molecule has 0 heterocycles. The van der Waals surface area contributed by atoms with E-state index >= 15 is 0 Å². The molecule has 0 saturated carbocycles. The van der Waals surface area contributed by atoms with Crippen LogP contribution in [-0.4, -0.2) is 12.1 Å². The van der Waals surface area contributed by atoms with Gasteiger partial charge in [0, 0.05) is 6.08 Å². The molecule has 0 rings (SSSR count). The molecule has 2 atom stereocenters. The summed E-state index contributed by atoms with van der Waals surface area (Å²) in [6, 6.07) is 0. The summed E-state index contributed by atoms with van der Waals surface area (Å²) in [6.07, 6.45) is 2.87. The molecule has 0 bridgehead atoms. The summed E-state index contributed by atoms with van der Waals surface area (Å²) >= 11 is 0. The van der Waals surface area contributed by atoms with Gasteiger partial charge in [-0.2, -0.15) is 0 Å². The fourth-order valence-electron chi connectivity index (χ4n) is 1.22. The van der Waals surface area contributed by atoms with Gasteiger partial charge < -0.3 is 4.74 Å². The number of hydrogen-bond donors (Lipinski definition) is 0. The van der Waals surface area contributed by atoms with Crippen molar-refractivity contribution in [3.8, 4) is 0 Å². The number of ether oxygens (including phenoxy) is 1. The van der Waals surface area contributed by atoms with Crippen LogP contribution in [0.5, 0.6) is 0 Å². The molecule has 0 N–H and O–H groups in total. The Morgan fingerprint density at radius 1 is 1.27 bits per heavy atom. The molecule has 0 aromatic rings. The van der Waals surface area contributed by atoms with E-state index in [1.54, 1.807) is 13.0 Å². The average Bonchev–Trinajstić information content (AvgIpc) is 2.15. The highest BCUT2D eigenvalue weighted by molar-refractivity contribution is 5.82. The van der Waals surface area contributed by atoms with Crippen LogP contribution in [0.3, 0.4) is 0 Å². The Bertz CT molecular complexity index is 251. The van der Waals surface area contributed by atoms with Crippen LogP contribution in [0.15, 0.2) is 24.3 Å². The van der Waals surface area contributed by atoms with E-state index < -0.39 is 0 Å². The van der Waals surface area contributed by atoms with Crippen molar-refractivity contribution >= 4 is 5.97 Å². The van der Waals surface area contributed by atoms with Gasteiger partial charge in [0.05, 0.1) is 0 Å². The first-order chi connectivity index (χ1) is 6.90. The Balaban J connectivity index is 4.27. The minimum Gasteiger partial charge on any atom is -0.455 e. The minimum atomic E-state index is -0.304. The molecule has 0 aliphatic carbocycles. The maximum atomic E-state index is 11.2. The maximum Gasteiger partial charge on any atom is 0.330 e. The summed E-state index contributed by atoms with van der Waals surface area (Å²) in [5.41, 5.74) is 0.975. The van der Waals surface area contributed by atoms with Gasteiger partial charge in [-0.1, -0.05) is 33.4 Å². The number of carbonyl (C=O) groups excluding carboxylic acids is 1. The molecule has 2 heteroatoms. The van der Waals surface area contributed by atoms with Crippen LogP contribution in [0.25, 0.3) is 0 Å². The monoisotopic (exact) mass is 210 g/mol. The highest BCUT2D eigenvalue weighted by Crippen LogP contribution is 2.22. The third-order valence-corrected chi connectivity index (χ3v) is 2.70.